The van der Waals surface area contributed by atoms with Crippen LogP contribution >= 0.6 is 0 Å². The summed E-state index contributed by atoms with van der Waals surface area (Å²) in [5.41, 5.74) is 10.5. The number of carbonyl (C=O) groups is 1. The van der Waals surface area contributed by atoms with E-state index in [9.17, 15) is 4.79 Å². The second-order valence-electron chi connectivity index (χ2n) is 8.53. The number of amides is 1. The highest BCUT2D eigenvalue weighted by molar-refractivity contribution is 6.00. The van der Waals surface area contributed by atoms with E-state index in [1.165, 1.54) is 10.9 Å². The number of hydrogen-bond donors (Lipinski definition) is 1. The van der Waals surface area contributed by atoms with Crippen molar-refractivity contribution in [2.45, 2.75) is 32.4 Å². The molecule has 1 saturated heterocycles. The Kier molecular flexibility index (Phi) is 5.13. The molecule has 2 aromatic carbocycles. The summed E-state index contributed by atoms with van der Waals surface area (Å²) < 4.78 is 10.0. The molecule has 1 aliphatic rings. The lowest BCUT2D eigenvalue weighted by atomic mass is 10.0. The summed E-state index contributed by atoms with van der Waals surface area (Å²) in [6.45, 7) is 4.29. The Hall–Kier alpha value is -3.32. The SMILES string of the molecule is CCn1c(-c2nc3cc(C(=O)N4CCCC(N)C4)cc(OC)c3n2C)cc2ccccc21. The number of hydrogen-bond acceptors (Lipinski definition) is 4. The second kappa shape index (κ2) is 7.98. The van der Waals surface area contributed by atoms with Crippen molar-refractivity contribution in [3.05, 3.63) is 48.0 Å². The van der Waals surface area contributed by atoms with Gasteiger partial charge in [0.2, 0.25) is 0 Å². The first-order valence-corrected chi connectivity index (χ1v) is 11.2. The van der Waals surface area contributed by atoms with Crippen LogP contribution in [0.25, 0.3) is 33.5 Å². The zero-order valence-electron chi connectivity index (χ0n) is 18.8. The largest absolute Gasteiger partial charge is 0.494 e. The second-order valence-corrected chi connectivity index (χ2v) is 8.53. The number of para-hydroxylation sites is 1. The first-order chi connectivity index (χ1) is 15.5. The molecule has 0 aliphatic carbocycles. The predicted molar refractivity (Wildman–Crippen MR) is 127 cm³/mol. The minimum Gasteiger partial charge on any atom is -0.494 e. The van der Waals surface area contributed by atoms with Crippen LogP contribution in [-0.2, 0) is 13.6 Å². The van der Waals surface area contributed by atoms with Crippen LogP contribution in [0.5, 0.6) is 5.75 Å². The Morgan fingerprint density at radius 1 is 1.25 bits per heavy atom. The van der Waals surface area contributed by atoms with Crippen molar-refractivity contribution >= 4 is 27.8 Å². The lowest BCUT2D eigenvalue weighted by Gasteiger charge is -2.30. The minimum atomic E-state index is -0.0183. The molecule has 3 heterocycles. The summed E-state index contributed by atoms with van der Waals surface area (Å²) in [6.07, 6.45) is 1.89. The van der Waals surface area contributed by atoms with Crippen molar-refractivity contribution in [2.75, 3.05) is 20.2 Å². The molecule has 7 heteroatoms. The molecule has 0 spiro atoms. The fraction of sp³-hybridized carbons (Fsp3) is 0.360. The summed E-state index contributed by atoms with van der Waals surface area (Å²) in [4.78, 5) is 20.0. The van der Waals surface area contributed by atoms with E-state index >= 15 is 0 Å². The third-order valence-electron chi connectivity index (χ3n) is 6.50. The highest BCUT2D eigenvalue weighted by Gasteiger charge is 2.25. The van der Waals surface area contributed by atoms with Crippen molar-refractivity contribution < 1.29 is 9.53 Å². The average Bonchev–Trinajstić information content (AvgIpc) is 3.35. The zero-order chi connectivity index (χ0) is 22.4. The molecule has 0 radical (unpaired) electrons. The smallest absolute Gasteiger partial charge is 0.254 e. The van der Waals surface area contributed by atoms with Crippen LogP contribution in [0, 0.1) is 0 Å². The molecule has 1 fully saturated rings. The van der Waals surface area contributed by atoms with Crippen LogP contribution in [-0.4, -0.2) is 51.2 Å². The van der Waals surface area contributed by atoms with Gasteiger partial charge >= 0.3 is 0 Å². The first-order valence-electron chi connectivity index (χ1n) is 11.2. The number of ether oxygens (including phenoxy) is 1. The van der Waals surface area contributed by atoms with Crippen LogP contribution in [0.2, 0.25) is 0 Å². The number of aromatic nitrogens is 3. The van der Waals surface area contributed by atoms with Gasteiger partial charge in [-0.2, -0.15) is 0 Å². The number of methoxy groups -OCH3 is 1. The molecular weight excluding hydrogens is 402 g/mol. The zero-order valence-corrected chi connectivity index (χ0v) is 18.8. The first kappa shape index (κ1) is 20.6. The quantitative estimate of drug-likeness (QED) is 0.533. The van der Waals surface area contributed by atoms with Gasteiger partial charge in [0.05, 0.1) is 18.3 Å². The van der Waals surface area contributed by atoms with Gasteiger partial charge < -0.3 is 24.5 Å². The Morgan fingerprint density at radius 2 is 2.06 bits per heavy atom. The van der Waals surface area contributed by atoms with Crippen molar-refractivity contribution in [3.63, 3.8) is 0 Å². The topological polar surface area (TPSA) is 78.3 Å². The van der Waals surface area contributed by atoms with Crippen molar-refractivity contribution in [1.82, 2.24) is 19.0 Å². The summed E-state index contributed by atoms with van der Waals surface area (Å²) in [5.74, 6) is 1.48. The molecule has 166 valence electrons. The molecule has 1 unspecified atom stereocenters. The van der Waals surface area contributed by atoms with E-state index in [1.807, 2.05) is 24.1 Å². The van der Waals surface area contributed by atoms with E-state index in [4.69, 9.17) is 15.5 Å². The molecule has 1 atom stereocenters. The monoisotopic (exact) mass is 431 g/mol. The highest BCUT2D eigenvalue weighted by Crippen LogP contribution is 2.34. The normalized spacial score (nSPS) is 16.8. The maximum atomic E-state index is 13.2. The Morgan fingerprint density at radius 3 is 2.81 bits per heavy atom. The fourth-order valence-corrected chi connectivity index (χ4v) is 4.93. The van der Waals surface area contributed by atoms with Gasteiger partial charge in [-0.1, -0.05) is 18.2 Å². The van der Waals surface area contributed by atoms with Crippen molar-refractivity contribution in [1.29, 1.82) is 0 Å². The van der Waals surface area contributed by atoms with Gasteiger partial charge in [0, 0.05) is 49.2 Å². The minimum absolute atomic E-state index is 0.0183. The lowest BCUT2D eigenvalue weighted by molar-refractivity contribution is 0.0708. The summed E-state index contributed by atoms with van der Waals surface area (Å²) in [7, 11) is 3.63. The number of carbonyl (C=O) groups excluding carboxylic acids is 1. The van der Waals surface area contributed by atoms with Gasteiger partial charge in [0.25, 0.3) is 5.91 Å². The van der Waals surface area contributed by atoms with Gasteiger partial charge in [-0.05, 0) is 44.0 Å². The maximum Gasteiger partial charge on any atom is 0.254 e. The molecule has 1 amide bonds. The molecular formula is C25H29N5O2. The van der Waals surface area contributed by atoms with Crippen LogP contribution < -0.4 is 10.5 Å². The summed E-state index contributed by atoms with van der Waals surface area (Å²) in [5, 5.41) is 1.18. The molecule has 2 aromatic heterocycles. The van der Waals surface area contributed by atoms with E-state index < -0.39 is 0 Å². The molecule has 5 rings (SSSR count). The number of aryl methyl sites for hydroxylation is 2. The summed E-state index contributed by atoms with van der Waals surface area (Å²) >= 11 is 0. The number of fused-ring (bicyclic) bond motifs is 2. The Balaban J connectivity index is 1.64. The van der Waals surface area contributed by atoms with Crippen molar-refractivity contribution in [2.24, 2.45) is 12.8 Å². The predicted octanol–water partition coefficient (Wildman–Crippen LogP) is 3.79. The average molecular weight is 432 g/mol. The van der Waals surface area contributed by atoms with E-state index in [0.717, 1.165) is 48.5 Å². The molecule has 32 heavy (non-hydrogen) atoms. The van der Waals surface area contributed by atoms with E-state index in [0.29, 0.717) is 17.9 Å². The number of nitrogens with zero attached hydrogens (tertiary/aromatic N) is 4. The number of imidazole rings is 1. The van der Waals surface area contributed by atoms with Gasteiger partial charge in [0.1, 0.15) is 11.3 Å². The van der Waals surface area contributed by atoms with Crippen LogP contribution in [0.15, 0.2) is 42.5 Å². The molecule has 4 aromatic rings. The van der Waals surface area contributed by atoms with Crippen LogP contribution in [0.1, 0.15) is 30.1 Å². The highest BCUT2D eigenvalue weighted by atomic mass is 16.5. The van der Waals surface area contributed by atoms with E-state index in [2.05, 4.69) is 46.4 Å². The Labute approximate surface area is 187 Å². The number of benzene rings is 2. The van der Waals surface area contributed by atoms with Crippen LogP contribution in [0.3, 0.4) is 0 Å². The number of rotatable bonds is 4. The standard InChI is InChI=1S/C25H29N5O2/c1-4-30-20-10-6-5-8-16(20)13-21(30)24-27-19-12-17(14-22(32-3)23(19)28(24)2)25(31)29-11-7-9-18(26)15-29/h5-6,8,10,12-14,18H,4,7,9,11,15,26H2,1-3H3. The summed E-state index contributed by atoms with van der Waals surface area (Å²) in [6, 6.07) is 14.3. The van der Waals surface area contributed by atoms with Crippen molar-refractivity contribution in [3.8, 4) is 17.3 Å². The number of likely N-dealkylation sites (tertiary alicyclic amines) is 1. The van der Waals surface area contributed by atoms with E-state index in [1.54, 1.807) is 7.11 Å². The van der Waals surface area contributed by atoms with Gasteiger partial charge in [-0.3, -0.25) is 4.79 Å². The maximum absolute atomic E-state index is 13.2. The molecule has 1 aliphatic heterocycles. The van der Waals surface area contributed by atoms with E-state index in [-0.39, 0.29) is 11.9 Å². The van der Waals surface area contributed by atoms with Gasteiger partial charge in [0.15, 0.2) is 5.82 Å². The Bertz CT molecular complexity index is 1320. The number of piperidine rings is 1. The molecule has 0 bridgehead atoms. The fourth-order valence-electron chi connectivity index (χ4n) is 4.93. The van der Waals surface area contributed by atoms with Gasteiger partial charge in [-0.25, -0.2) is 4.98 Å². The molecule has 2 N–H and O–H groups in total. The number of nitrogens with two attached hydrogens (primary N) is 1. The third-order valence-corrected chi connectivity index (χ3v) is 6.50. The molecule has 7 nitrogen and oxygen atoms in total. The lowest BCUT2D eigenvalue weighted by Crippen LogP contribution is -2.45. The van der Waals surface area contributed by atoms with Crippen LogP contribution in [0.4, 0.5) is 0 Å². The van der Waals surface area contributed by atoms with Gasteiger partial charge in [-0.15, -0.1) is 0 Å². The third kappa shape index (κ3) is 3.24. The molecule has 0 saturated carbocycles.